The molecule has 0 fully saturated rings. The Morgan fingerprint density at radius 2 is 1.96 bits per heavy atom. The first-order valence-electron chi connectivity index (χ1n) is 7.53. The zero-order valence-electron chi connectivity index (χ0n) is 13.9. The number of hydrogen-bond donors (Lipinski definition) is 1. The van der Waals surface area contributed by atoms with Crippen molar-refractivity contribution in [2.45, 2.75) is 6.92 Å². The second-order valence-corrected chi connectivity index (χ2v) is 5.20. The first kappa shape index (κ1) is 18.2. The third-order valence-corrected chi connectivity index (χ3v) is 3.34. The van der Waals surface area contributed by atoms with Crippen molar-refractivity contribution in [3.8, 4) is 5.75 Å². The first-order valence-corrected chi connectivity index (χ1v) is 7.53. The molecule has 0 aliphatic carbocycles. The van der Waals surface area contributed by atoms with E-state index in [2.05, 4.69) is 5.32 Å². The summed E-state index contributed by atoms with van der Waals surface area (Å²) < 4.78 is 23.4. The predicted molar refractivity (Wildman–Crippen MR) is 92.8 cm³/mol. The molecule has 130 valence electrons. The number of halogens is 1. The molecule has 25 heavy (non-hydrogen) atoms. The summed E-state index contributed by atoms with van der Waals surface area (Å²) in [5.74, 6) is -1.03. The van der Waals surface area contributed by atoms with E-state index < -0.39 is 24.3 Å². The molecule has 0 aliphatic rings. The van der Waals surface area contributed by atoms with Gasteiger partial charge in [0.2, 0.25) is 0 Å². The van der Waals surface area contributed by atoms with Gasteiger partial charge in [-0.1, -0.05) is 24.3 Å². The van der Waals surface area contributed by atoms with E-state index in [4.69, 9.17) is 9.47 Å². The van der Waals surface area contributed by atoms with Crippen LogP contribution >= 0.6 is 0 Å². The smallest absolute Gasteiger partial charge is 0.331 e. The van der Waals surface area contributed by atoms with Gasteiger partial charge in [0.15, 0.2) is 6.61 Å². The van der Waals surface area contributed by atoms with E-state index >= 15 is 0 Å². The van der Waals surface area contributed by atoms with Gasteiger partial charge >= 0.3 is 5.97 Å². The van der Waals surface area contributed by atoms with Crippen LogP contribution in [0.25, 0.3) is 6.08 Å². The average Bonchev–Trinajstić information content (AvgIpc) is 2.61. The molecule has 2 aromatic carbocycles. The normalized spacial score (nSPS) is 10.5. The van der Waals surface area contributed by atoms with Crippen molar-refractivity contribution in [3.63, 3.8) is 0 Å². The van der Waals surface area contributed by atoms with Gasteiger partial charge in [0.25, 0.3) is 5.91 Å². The Morgan fingerprint density at radius 1 is 1.20 bits per heavy atom. The summed E-state index contributed by atoms with van der Waals surface area (Å²) in [7, 11) is 1.53. The molecule has 2 rings (SSSR count). The van der Waals surface area contributed by atoms with E-state index in [-0.39, 0.29) is 0 Å². The quantitative estimate of drug-likeness (QED) is 0.645. The lowest BCUT2D eigenvalue weighted by Crippen LogP contribution is -2.20. The molecule has 0 aliphatic heterocycles. The molecule has 5 nitrogen and oxygen atoms in total. The van der Waals surface area contributed by atoms with Gasteiger partial charge in [0.1, 0.15) is 11.6 Å². The van der Waals surface area contributed by atoms with Gasteiger partial charge in [-0.3, -0.25) is 4.79 Å². The summed E-state index contributed by atoms with van der Waals surface area (Å²) in [6, 6.07) is 11.5. The van der Waals surface area contributed by atoms with E-state index in [9.17, 15) is 14.0 Å². The van der Waals surface area contributed by atoms with Crippen molar-refractivity contribution in [1.82, 2.24) is 0 Å². The Kier molecular flexibility index (Phi) is 6.28. The summed E-state index contributed by atoms with van der Waals surface area (Å²) in [5, 5.41) is 2.46. The highest BCUT2D eigenvalue weighted by molar-refractivity contribution is 5.94. The molecule has 0 heterocycles. The van der Waals surface area contributed by atoms with Crippen molar-refractivity contribution < 1.29 is 23.5 Å². The standard InChI is InChI=1S/C19H18FNO4/c1-13-7-9-15(11-16(13)20)21-18(22)12-25-19(23)10-8-14-5-3-4-6-17(14)24-2/h3-11H,12H2,1-2H3,(H,21,22)/b10-8+. The van der Waals surface area contributed by atoms with Crippen molar-refractivity contribution >= 4 is 23.6 Å². The van der Waals surface area contributed by atoms with Crippen LogP contribution in [0.4, 0.5) is 10.1 Å². The maximum absolute atomic E-state index is 13.4. The Hall–Kier alpha value is -3.15. The summed E-state index contributed by atoms with van der Waals surface area (Å²) in [6.07, 6.45) is 2.74. The van der Waals surface area contributed by atoms with Crippen LogP contribution in [0, 0.1) is 12.7 Å². The number of carbonyl (C=O) groups is 2. The molecule has 0 radical (unpaired) electrons. The lowest BCUT2D eigenvalue weighted by Gasteiger charge is -2.06. The molecular weight excluding hydrogens is 325 g/mol. The van der Waals surface area contributed by atoms with Crippen molar-refractivity contribution in [3.05, 3.63) is 65.5 Å². The number of anilines is 1. The summed E-state index contributed by atoms with van der Waals surface area (Å²) in [6.45, 7) is 1.15. The number of hydrogen-bond acceptors (Lipinski definition) is 4. The van der Waals surface area contributed by atoms with Crippen LogP contribution in [0.3, 0.4) is 0 Å². The highest BCUT2D eigenvalue weighted by Gasteiger charge is 2.07. The number of carbonyl (C=O) groups excluding carboxylic acids is 2. The third-order valence-electron chi connectivity index (χ3n) is 3.34. The van der Waals surface area contributed by atoms with Crippen LogP contribution in [0.15, 0.2) is 48.5 Å². The molecule has 0 saturated carbocycles. The Morgan fingerprint density at radius 3 is 2.68 bits per heavy atom. The summed E-state index contributed by atoms with van der Waals surface area (Å²) in [4.78, 5) is 23.4. The average molecular weight is 343 g/mol. The fourth-order valence-electron chi connectivity index (χ4n) is 2.01. The number of para-hydroxylation sites is 1. The van der Waals surface area contributed by atoms with Crippen molar-refractivity contribution in [2.75, 3.05) is 19.0 Å². The van der Waals surface area contributed by atoms with Crippen LogP contribution in [0.1, 0.15) is 11.1 Å². The summed E-state index contributed by atoms with van der Waals surface area (Å²) in [5.41, 5.74) is 1.49. The zero-order chi connectivity index (χ0) is 18.2. The minimum absolute atomic E-state index is 0.300. The minimum atomic E-state index is -0.670. The molecule has 0 spiro atoms. The topological polar surface area (TPSA) is 64.6 Å². The maximum Gasteiger partial charge on any atom is 0.331 e. The highest BCUT2D eigenvalue weighted by Crippen LogP contribution is 2.18. The lowest BCUT2D eigenvalue weighted by molar-refractivity contribution is -0.142. The second-order valence-electron chi connectivity index (χ2n) is 5.20. The first-order chi connectivity index (χ1) is 12.0. The van der Waals surface area contributed by atoms with E-state index in [1.165, 1.54) is 25.3 Å². The second kappa shape index (κ2) is 8.63. The number of methoxy groups -OCH3 is 1. The number of aryl methyl sites for hydroxylation is 1. The third kappa shape index (κ3) is 5.46. The maximum atomic E-state index is 13.4. The number of esters is 1. The predicted octanol–water partition coefficient (Wildman–Crippen LogP) is 3.34. The van der Waals surface area contributed by atoms with Crippen LogP contribution in [-0.2, 0) is 14.3 Å². The monoisotopic (exact) mass is 343 g/mol. The SMILES string of the molecule is COc1ccccc1/C=C/C(=O)OCC(=O)Nc1ccc(C)c(F)c1. The fraction of sp³-hybridized carbons (Fsp3) is 0.158. The number of benzene rings is 2. The van der Waals surface area contributed by atoms with Gasteiger partial charge in [-0.25, -0.2) is 9.18 Å². The largest absolute Gasteiger partial charge is 0.496 e. The van der Waals surface area contributed by atoms with Crippen LogP contribution < -0.4 is 10.1 Å². The summed E-state index contributed by atoms with van der Waals surface area (Å²) >= 11 is 0. The van der Waals surface area contributed by atoms with Gasteiger partial charge in [-0.2, -0.15) is 0 Å². The van der Waals surface area contributed by atoms with Gasteiger partial charge in [0, 0.05) is 17.3 Å². The Bertz CT molecular complexity index is 802. The number of amides is 1. The molecule has 0 bridgehead atoms. The zero-order valence-corrected chi connectivity index (χ0v) is 13.9. The van der Waals surface area contributed by atoms with Crippen LogP contribution in [-0.4, -0.2) is 25.6 Å². The molecule has 6 heteroatoms. The van der Waals surface area contributed by atoms with Crippen LogP contribution in [0.2, 0.25) is 0 Å². The lowest BCUT2D eigenvalue weighted by atomic mass is 10.2. The molecule has 1 amide bonds. The molecule has 0 aromatic heterocycles. The number of rotatable bonds is 6. The molecule has 1 N–H and O–H groups in total. The van der Waals surface area contributed by atoms with E-state index in [1.807, 2.05) is 12.1 Å². The number of ether oxygens (including phenoxy) is 2. The molecule has 2 aromatic rings. The van der Waals surface area contributed by atoms with Gasteiger partial charge in [-0.15, -0.1) is 0 Å². The van der Waals surface area contributed by atoms with Crippen LogP contribution in [0.5, 0.6) is 5.75 Å². The number of nitrogens with one attached hydrogen (secondary N) is 1. The van der Waals surface area contributed by atoms with Crippen molar-refractivity contribution in [2.24, 2.45) is 0 Å². The Labute approximate surface area is 145 Å². The van der Waals surface area contributed by atoms with E-state index in [1.54, 1.807) is 31.2 Å². The fourth-order valence-corrected chi connectivity index (χ4v) is 2.01. The Balaban J connectivity index is 1.85. The highest BCUT2D eigenvalue weighted by atomic mass is 19.1. The molecule has 0 unspecified atom stereocenters. The minimum Gasteiger partial charge on any atom is -0.496 e. The van der Waals surface area contributed by atoms with Gasteiger partial charge < -0.3 is 14.8 Å². The molecular formula is C19H18FNO4. The van der Waals surface area contributed by atoms with Gasteiger partial charge in [0.05, 0.1) is 7.11 Å². The molecule has 0 saturated heterocycles. The molecule has 0 atom stereocenters. The van der Waals surface area contributed by atoms with E-state index in [0.29, 0.717) is 22.6 Å². The van der Waals surface area contributed by atoms with Crippen molar-refractivity contribution in [1.29, 1.82) is 0 Å². The van der Waals surface area contributed by atoms with Gasteiger partial charge in [-0.05, 0) is 36.8 Å². The van der Waals surface area contributed by atoms with E-state index in [0.717, 1.165) is 0 Å².